The molecule has 0 spiro atoms. The van der Waals surface area contributed by atoms with Gasteiger partial charge in [0.25, 0.3) is 5.91 Å². The lowest BCUT2D eigenvalue weighted by atomic mass is 10.2. The molecule has 0 aliphatic rings. The van der Waals surface area contributed by atoms with Gasteiger partial charge in [-0.05, 0) is 18.2 Å². The second-order valence-corrected chi connectivity index (χ2v) is 8.38. The molecule has 0 fully saturated rings. The largest absolute Gasteiger partial charge is 0.320 e. The number of hydrogen-bond donors (Lipinski definition) is 1. The summed E-state index contributed by atoms with van der Waals surface area (Å²) in [5.74, 6) is -0.424. The molecule has 118 valence electrons. The fourth-order valence-electron chi connectivity index (χ4n) is 2.23. The van der Waals surface area contributed by atoms with Gasteiger partial charge in [-0.25, -0.2) is 8.42 Å². The highest BCUT2D eigenvalue weighted by atomic mass is 35.5. The molecule has 0 radical (unpaired) electrons. The fraction of sp³-hybridized carbons (Fsp3) is 0.0625. The van der Waals surface area contributed by atoms with Crippen LogP contribution in [0.15, 0.2) is 53.4 Å². The van der Waals surface area contributed by atoms with Crippen molar-refractivity contribution in [2.45, 2.75) is 4.90 Å². The predicted octanol–water partition coefficient (Wildman–Crippen LogP) is 4.21. The van der Waals surface area contributed by atoms with E-state index in [2.05, 4.69) is 5.32 Å². The molecule has 0 bridgehead atoms. The predicted molar refractivity (Wildman–Crippen MR) is 94.3 cm³/mol. The number of amides is 1. The van der Waals surface area contributed by atoms with Crippen LogP contribution in [0.25, 0.3) is 10.1 Å². The van der Waals surface area contributed by atoms with Gasteiger partial charge in [0.05, 0.1) is 15.6 Å². The Bertz CT molecular complexity index is 1010. The number of carbonyl (C=O) groups excluding carboxylic acids is 1. The second kappa shape index (κ2) is 5.96. The Labute approximate surface area is 142 Å². The van der Waals surface area contributed by atoms with Gasteiger partial charge in [-0.3, -0.25) is 4.79 Å². The van der Waals surface area contributed by atoms with Crippen molar-refractivity contribution < 1.29 is 13.2 Å². The molecule has 0 atom stereocenters. The van der Waals surface area contributed by atoms with Crippen LogP contribution < -0.4 is 5.32 Å². The molecule has 2 aromatic carbocycles. The second-order valence-electron chi connectivity index (χ2n) is 4.96. The number of sulfone groups is 1. The summed E-state index contributed by atoms with van der Waals surface area (Å²) in [6, 6.07) is 13.7. The van der Waals surface area contributed by atoms with Gasteiger partial charge >= 0.3 is 0 Å². The van der Waals surface area contributed by atoms with Crippen molar-refractivity contribution >= 4 is 54.5 Å². The maximum absolute atomic E-state index is 12.5. The van der Waals surface area contributed by atoms with Crippen LogP contribution in [0.3, 0.4) is 0 Å². The summed E-state index contributed by atoms with van der Waals surface area (Å²) < 4.78 is 24.5. The molecule has 3 aromatic rings. The SMILES string of the molecule is CS(=O)(=O)c1ccccc1NC(=O)c1sc2ccccc2c1Cl. The van der Waals surface area contributed by atoms with Crippen molar-refractivity contribution in [2.75, 3.05) is 11.6 Å². The minimum atomic E-state index is -3.44. The molecule has 1 heterocycles. The number of thiophene rings is 1. The zero-order valence-electron chi connectivity index (χ0n) is 12.0. The summed E-state index contributed by atoms with van der Waals surface area (Å²) in [7, 11) is -3.44. The molecule has 3 rings (SSSR count). The van der Waals surface area contributed by atoms with E-state index in [9.17, 15) is 13.2 Å². The first-order chi connectivity index (χ1) is 10.9. The lowest BCUT2D eigenvalue weighted by Crippen LogP contribution is -2.13. The van der Waals surface area contributed by atoms with Crippen molar-refractivity contribution in [2.24, 2.45) is 0 Å². The minimum absolute atomic E-state index is 0.0746. The average Bonchev–Trinajstić information content (AvgIpc) is 2.84. The number of rotatable bonds is 3. The number of carbonyl (C=O) groups is 1. The first-order valence-corrected chi connectivity index (χ1v) is 9.74. The molecule has 0 saturated carbocycles. The van der Waals surface area contributed by atoms with E-state index in [1.807, 2.05) is 24.3 Å². The minimum Gasteiger partial charge on any atom is -0.320 e. The van der Waals surface area contributed by atoms with Crippen molar-refractivity contribution in [1.29, 1.82) is 0 Å². The smallest absolute Gasteiger partial charge is 0.267 e. The molecular formula is C16H12ClNO3S2. The van der Waals surface area contributed by atoms with Gasteiger partial charge in [-0.15, -0.1) is 11.3 Å². The van der Waals surface area contributed by atoms with E-state index in [-0.39, 0.29) is 10.6 Å². The van der Waals surface area contributed by atoms with Crippen LogP contribution in [-0.4, -0.2) is 20.6 Å². The van der Waals surface area contributed by atoms with Crippen LogP contribution in [0.2, 0.25) is 5.02 Å². The van der Waals surface area contributed by atoms with E-state index in [1.54, 1.807) is 18.2 Å². The third kappa shape index (κ3) is 3.10. The van der Waals surface area contributed by atoms with Gasteiger partial charge in [-0.1, -0.05) is 41.9 Å². The van der Waals surface area contributed by atoms with Crippen LogP contribution in [0, 0.1) is 0 Å². The monoisotopic (exact) mass is 365 g/mol. The normalized spacial score (nSPS) is 11.6. The first kappa shape index (κ1) is 16.0. The first-order valence-electron chi connectivity index (χ1n) is 6.65. The highest BCUT2D eigenvalue weighted by molar-refractivity contribution is 7.90. The topological polar surface area (TPSA) is 63.2 Å². The fourth-order valence-corrected chi connectivity index (χ4v) is 4.49. The molecular weight excluding hydrogens is 354 g/mol. The Morgan fingerprint density at radius 2 is 1.74 bits per heavy atom. The van der Waals surface area contributed by atoms with Crippen molar-refractivity contribution in [3.8, 4) is 0 Å². The van der Waals surface area contributed by atoms with Gasteiger partial charge < -0.3 is 5.32 Å². The summed E-state index contributed by atoms with van der Waals surface area (Å²) in [5.41, 5.74) is 0.244. The van der Waals surface area contributed by atoms with E-state index < -0.39 is 15.7 Å². The number of benzene rings is 2. The summed E-state index contributed by atoms with van der Waals surface area (Å²) in [5, 5.41) is 3.82. The summed E-state index contributed by atoms with van der Waals surface area (Å²) in [6.07, 6.45) is 1.10. The van der Waals surface area contributed by atoms with E-state index >= 15 is 0 Å². The molecule has 7 heteroatoms. The van der Waals surface area contributed by atoms with Crippen LogP contribution in [0.5, 0.6) is 0 Å². The molecule has 0 aliphatic heterocycles. The number of para-hydroxylation sites is 1. The molecule has 4 nitrogen and oxygen atoms in total. The highest BCUT2D eigenvalue weighted by Gasteiger charge is 2.20. The lowest BCUT2D eigenvalue weighted by molar-refractivity contribution is 0.103. The van der Waals surface area contributed by atoms with E-state index in [1.165, 1.54) is 17.4 Å². The number of fused-ring (bicyclic) bond motifs is 1. The highest BCUT2D eigenvalue weighted by Crippen LogP contribution is 2.35. The molecule has 1 N–H and O–H groups in total. The van der Waals surface area contributed by atoms with Gasteiger partial charge in [0.15, 0.2) is 9.84 Å². The molecule has 1 amide bonds. The Morgan fingerprint density at radius 3 is 2.43 bits per heavy atom. The molecule has 0 saturated heterocycles. The maximum Gasteiger partial charge on any atom is 0.267 e. The van der Waals surface area contributed by atoms with Crippen molar-refractivity contribution in [3.63, 3.8) is 0 Å². The van der Waals surface area contributed by atoms with Gasteiger partial charge in [0.2, 0.25) is 0 Å². The molecule has 0 unspecified atom stereocenters. The summed E-state index contributed by atoms with van der Waals surface area (Å²) in [6.45, 7) is 0. The standard InChI is InChI=1S/C16H12ClNO3S2/c1-23(20,21)13-9-5-3-7-11(13)18-16(19)15-14(17)10-6-2-4-8-12(10)22-15/h2-9H,1H3,(H,18,19). The van der Waals surface area contributed by atoms with Gasteiger partial charge in [0.1, 0.15) is 4.88 Å². The van der Waals surface area contributed by atoms with Crippen LogP contribution in [-0.2, 0) is 9.84 Å². The Morgan fingerprint density at radius 1 is 1.09 bits per heavy atom. The van der Waals surface area contributed by atoms with Gasteiger partial charge in [0, 0.05) is 16.3 Å². The number of hydrogen-bond acceptors (Lipinski definition) is 4. The van der Waals surface area contributed by atoms with Crippen LogP contribution in [0.4, 0.5) is 5.69 Å². The Hall–Kier alpha value is -1.89. The Kier molecular flexibility index (Phi) is 4.14. The van der Waals surface area contributed by atoms with Crippen LogP contribution >= 0.6 is 22.9 Å². The number of nitrogens with one attached hydrogen (secondary N) is 1. The zero-order chi connectivity index (χ0) is 16.6. The number of halogens is 1. The quantitative estimate of drug-likeness (QED) is 0.756. The summed E-state index contributed by atoms with van der Waals surface area (Å²) >= 11 is 7.55. The average molecular weight is 366 g/mol. The van der Waals surface area contributed by atoms with Crippen molar-refractivity contribution in [3.05, 3.63) is 58.4 Å². The summed E-state index contributed by atoms with van der Waals surface area (Å²) in [4.78, 5) is 12.9. The Balaban J connectivity index is 2.01. The van der Waals surface area contributed by atoms with Gasteiger partial charge in [-0.2, -0.15) is 0 Å². The molecule has 1 aromatic heterocycles. The molecule has 0 aliphatic carbocycles. The van der Waals surface area contributed by atoms with Crippen LogP contribution in [0.1, 0.15) is 9.67 Å². The van der Waals surface area contributed by atoms with E-state index in [4.69, 9.17) is 11.6 Å². The maximum atomic E-state index is 12.5. The van der Waals surface area contributed by atoms with Crippen molar-refractivity contribution in [1.82, 2.24) is 0 Å². The third-order valence-electron chi connectivity index (χ3n) is 3.28. The lowest BCUT2D eigenvalue weighted by Gasteiger charge is -2.09. The third-order valence-corrected chi connectivity index (χ3v) is 6.10. The molecule has 23 heavy (non-hydrogen) atoms. The van der Waals surface area contributed by atoms with E-state index in [0.29, 0.717) is 9.90 Å². The van der Waals surface area contributed by atoms with E-state index in [0.717, 1.165) is 16.3 Å². The zero-order valence-corrected chi connectivity index (χ0v) is 14.4. The number of anilines is 1.